The van der Waals surface area contributed by atoms with Gasteiger partial charge in [-0.05, 0) is 36.8 Å². The molecule has 1 atom stereocenters. The van der Waals surface area contributed by atoms with Crippen LogP contribution in [0.2, 0.25) is 0 Å². The van der Waals surface area contributed by atoms with Crippen LogP contribution in [0, 0.1) is 12.7 Å². The van der Waals surface area contributed by atoms with Gasteiger partial charge >= 0.3 is 0 Å². The van der Waals surface area contributed by atoms with E-state index in [1.807, 2.05) is 0 Å². The number of halogens is 1. The molecule has 118 valence electrons. The van der Waals surface area contributed by atoms with Gasteiger partial charge in [0.15, 0.2) is 11.6 Å². The number of aryl methyl sites for hydroxylation is 1. The number of methoxy groups -OCH3 is 2. The van der Waals surface area contributed by atoms with Gasteiger partial charge in [-0.3, -0.25) is 0 Å². The standard InChI is InChI=1S/C17H19FO4/c1-11-5-4-6-16(17(11)18)22-10-14(19)13-9-12(20-2)7-8-15(13)21-3/h4-9,14,19H,10H2,1-3H3. The highest BCUT2D eigenvalue weighted by Gasteiger charge is 2.16. The van der Waals surface area contributed by atoms with Gasteiger partial charge in [0.1, 0.15) is 24.2 Å². The molecule has 0 aliphatic carbocycles. The third-order valence-electron chi connectivity index (χ3n) is 3.35. The first-order valence-electron chi connectivity index (χ1n) is 6.84. The third-order valence-corrected chi connectivity index (χ3v) is 3.35. The maximum Gasteiger partial charge on any atom is 0.167 e. The first kappa shape index (κ1) is 16.1. The van der Waals surface area contributed by atoms with Crippen molar-refractivity contribution in [2.24, 2.45) is 0 Å². The van der Waals surface area contributed by atoms with E-state index >= 15 is 0 Å². The van der Waals surface area contributed by atoms with Gasteiger partial charge in [-0.15, -0.1) is 0 Å². The van der Waals surface area contributed by atoms with Crippen LogP contribution in [-0.2, 0) is 0 Å². The van der Waals surface area contributed by atoms with Crippen LogP contribution in [0.15, 0.2) is 36.4 Å². The first-order chi connectivity index (χ1) is 10.6. The summed E-state index contributed by atoms with van der Waals surface area (Å²) in [5.41, 5.74) is 1.01. The highest BCUT2D eigenvalue weighted by Crippen LogP contribution is 2.30. The Balaban J connectivity index is 2.15. The van der Waals surface area contributed by atoms with E-state index in [0.29, 0.717) is 22.6 Å². The molecule has 4 nitrogen and oxygen atoms in total. The van der Waals surface area contributed by atoms with Gasteiger partial charge in [0.2, 0.25) is 0 Å². The second-order valence-electron chi connectivity index (χ2n) is 4.82. The third kappa shape index (κ3) is 3.49. The summed E-state index contributed by atoms with van der Waals surface area (Å²) < 4.78 is 29.6. The molecule has 2 aromatic rings. The SMILES string of the molecule is COc1ccc(OC)c(C(O)COc2cccc(C)c2F)c1. The largest absolute Gasteiger partial charge is 0.497 e. The van der Waals surface area contributed by atoms with E-state index in [1.165, 1.54) is 20.3 Å². The highest BCUT2D eigenvalue weighted by atomic mass is 19.1. The van der Waals surface area contributed by atoms with Crippen LogP contribution < -0.4 is 14.2 Å². The maximum absolute atomic E-state index is 13.9. The summed E-state index contributed by atoms with van der Waals surface area (Å²) in [7, 11) is 3.05. The quantitative estimate of drug-likeness (QED) is 0.890. The van der Waals surface area contributed by atoms with Crippen molar-refractivity contribution in [2.75, 3.05) is 20.8 Å². The molecule has 2 aromatic carbocycles. The van der Waals surface area contributed by atoms with Crippen LogP contribution >= 0.6 is 0 Å². The minimum Gasteiger partial charge on any atom is -0.497 e. The zero-order valence-corrected chi connectivity index (χ0v) is 12.8. The van der Waals surface area contributed by atoms with E-state index in [0.717, 1.165) is 0 Å². The van der Waals surface area contributed by atoms with Gasteiger partial charge in [0, 0.05) is 5.56 Å². The van der Waals surface area contributed by atoms with Crippen molar-refractivity contribution in [3.63, 3.8) is 0 Å². The number of rotatable bonds is 6. The molecule has 0 aromatic heterocycles. The fraction of sp³-hybridized carbons (Fsp3) is 0.294. The Morgan fingerprint density at radius 2 is 1.86 bits per heavy atom. The summed E-state index contributed by atoms with van der Waals surface area (Å²) in [6.45, 7) is 1.56. The molecule has 22 heavy (non-hydrogen) atoms. The second-order valence-corrected chi connectivity index (χ2v) is 4.82. The van der Waals surface area contributed by atoms with Crippen molar-refractivity contribution in [3.05, 3.63) is 53.3 Å². The smallest absolute Gasteiger partial charge is 0.167 e. The van der Waals surface area contributed by atoms with Gasteiger partial charge in [0.05, 0.1) is 14.2 Å². The molecule has 1 unspecified atom stereocenters. The second kappa shape index (κ2) is 7.13. The van der Waals surface area contributed by atoms with Crippen molar-refractivity contribution >= 4 is 0 Å². The lowest BCUT2D eigenvalue weighted by molar-refractivity contribution is 0.103. The average molecular weight is 306 g/mol. The fourth-order valence-electron chi connectivity index (χ4n) is 2.09. The van der Waals surface area contributed by atoms with Crippen molar-refractivity contribution < 1.29 is 23.7 Å². The maximum atomic E-state index is 13.9. The Labute approximate surface area is 129 Å². The van der Waals surface area contributed by atoms with Gasteiger partial charge in [0.25, 0.3) is 0 Å². The minimum absolute atomic E-state index is 0.0934. The molecule has 0 spiro atoms. The van der Waals surface area contributed by atoms with E-state index in [-0.39, 0.29) is 12.4 Å². The average Bonchev–Trinajstić information content (AvgIpc) is 2.55. The summed E-state index contributed by atoms with van der Waals surface area (Å²) in [5, 5.41) is 10.3. The van der Waals surface area contributed by atoms with E-state index in [4.69, 9.17) is 14.2 Å². The molecule has 0 saturated carbocycles. The number of hydrogen-bond acceptors (Lipinski definition) is 4. The Hall–Kier alpha value is -2.27. The van der Waals surface area contributed by atoms with Crippen LogP contribution in [0.25, 0.3) is 0 Å². The van der Waals surface area contributed by atoms with E-state index in [9.17, 15) is 9.50 Å². The molecule has 0 bridgehead atoms. The topological polar surface area (TPSA) is 47.9 Å². The lowest BCUT2D eigenvalue weighted by Gasteiger charge is -2.17. The highest BCUT2D eigenvalue weighted by molar-refractivity contribution is 5.41. The van der Waals surface area contributed by atoms with Gasteiger partial charge < -0.3 is 19.3 Å². The van der Waals surface area contributed by atoms with Crippen molar-refractivity contribution in [1.82, 2.24) is 0 Å². The van der Waals surface area contributed by atoms with Gasteiger partial charge in [-0.1, -0.05) is 12.1 Å². The predicted molar refractivity (Wildman–Crippen MR) is 81.1 cm³/mol. The number of aliphatic hydroxyl groups excluding tert-OH is 1. The lowest BCUT2D eigenvalue weighted by Crippen LogP contribution is -2.12. The molecular formula is C17H19FO4. The van der Waals surface area contributed by atoms with E-state index in [1.54, 1.807) is 37.3 Å². The molecule has 2 rings (SSSR count). The summed E-state index contributed by atoms with van der Waals surface area (Å²) in [6, 6.07) is 9.98. The normalized spacial score (nSPS) is 11.9. The summed E-state index contributed by atoms with van der Waals surface area (Å²) >= 11 is 0. The Morgan fingerprint density at radius 3 is 2.55 bits per heavy atom. The zero-order valence-electron chi connectivity index (χ0n) is 12.8. The molecule has 0 saturated heterocycles. The lowest BCUT2D eigenvalue weighted by atomic mass is 10.1. The van der Waals surface area contributed by atoms with Crippen LogP contribution in [-0.4, -0.2) is 25.9 Å². The molecule has 0 aliphatic rings. The first-order valence-corrected chi connectivity index (χ1v) is 6.84. The Morgan fingerprint density at radius 1 is 1.09 bits per heavy atom. The molecular weight excluding hydrogens is 287 g/mol. The Kier molecular flexibility index (Phi) is 5.22. The van der Waals surface area contributed by atoms with Crippen LogP contribution in [0.1, 0.15) is 17.2 Å². The molecule has 0 radical (unpaired) electrons. The Bertz CT molecular complexity index is 643. The van der Waals surface area contributed by atoms with Crippen molar-refractivity contribution in [3.8, 4) is 17.2 Å². The summed E-state index contributed by atoms with van der Waals surface area (Å²) in [5.74, 6) is 0.798. The van der Waals surface area contributed by atoms with Crippen LogP contribution in [0.3, 0.4) is 0 Å². The van der Waals surface area contributed by atoms with Gasteiger partial charge in [-0.2, -0.15) is 0 Å². The molecule has 0 heterocycles. The minimum atomic E-state index is -0.968. The number of aliphatic hydroxyl groups is 1. The van der Waals surface area contributed by atoms with Gasteiger partial charge in [-0.25, -0.2) is 4.39 Å². The zero-order chi connectivity index (χ0) is 16.1. The van der Waals surface area contributed by atoms with E-state index in [2.05, 4.69) is 0 Å². The van der Waals surface area contributed by atoms with Crippen molar-refractivity contribution in [1.29, 1.82) is 0 Å². The van der Waals surface area contributed by atoms with E-state index < -0.39 is 11.9 Å². The predicted octanol–water partition coefficient (Wildman–Crippen LogP) is 3.26. The molecule has 0 aliphatic heterocycles. The molecule has 1 N–H and O–H groups in total. The van der Waals surface area contributed by atoms with Crippen LogP contribution in [0.5, 0.6) is 17.2 Å². The fourth-order valence-corrected chi connectivity index (χ4v) is 2.09. The summed E-state index contributed by atoms with van der Waals surface area (Å²) in [6.07, 6.45) is -0.968. The molecule has 5 heteroatoms. The van der Waals surface area contributed by atoms with Crippen LogP contribution in [0.4, 0.5) is 4.39 Å². The molecule has 0 amide bonds. The number of benzene rings is 2. The molecule has 0 fully saturated rings. The van der Waals surface area contributed by atoms with Crippen molar-refractivity contribution in [2.45, 2.75) is 13.0 Å². The number of hydrogen-bond donors (Lipinski definition) is 1. The number of ether oxygens (including phenoxy) is 3. The summed E-state index contributed by atoms with van der Waals surface area (Å²) in [4.78, 5) is 0. The monoisotopic (exact) mass is 306 g/mol.